The Morgan fingerprint density at radius 3 is 2.68 bits per heavy atom. The SMILES string of the molecule is CCc1nn(C)c(COc2ccc(N)c(Cl)c2)c1Cl. The molecule has 0 atom stereocenters. The molecule has 2 aromatic rings. The Balaban J connectivity index is 2.14. The fourth-order valence-corrected chi connectivity index (χ4v) is 2.24. The van der Waals surface area contributed by atoms with Crippen LogP contribution in [0.1, 0.15) is 18.3 Å². The van der Waals surface area contributed by atoms with E-state index in [2.05, 4.69) is 5.10 Å². The number of nitrogens with zero attached hydrogens (tertiary/aromatic N) is 2. The first-order valence-corrected chi connectivity index (χ1v) is 6.66. The Hall–Kier alpha value is -1.39. The van der Waals surface area contributed by atoms with Crippen molar-refractivity contribution in [3.05, 3.63) is 39.6 Å². The molecule has 0 saturated carbocycles. The number of hydrogen-bond donors (Lipinski definition) is 1. The van der Waals surface area contributed by atoms with Gasteiger partial charge in [-0.25, -0.2) is 0 Å². The van der Waals surface area contributed by atoms with Gasteiger partial charge in [0.25, 0.3) is 0 Å². The summed E-state index contributed by atoms with van der Waals surface area (Å²) < 4.78 is 7.40. The van der Waals surface area contributed by atoms with E-state index in [4.69, 9.17) is 33.7 Å². The Bertz CT molecular complexity index is 596. The average molecular weight is 300 g/mol. The Kier molecular flexibility index (Phi) is 4.22. The lowest BCUT2D eigenvalue weighted by Crippen LogP contribution is -2.03. The Labute approximate surface area is 122 Å². The molecule has 2 rings (SSSR count). The summed E-state index contributed by atoms with van der Waals surface area (Å²) >= 11 is 12.2. The van der Waals surface area contributed by atoms with Gasteiger partial charge in [0.2, 0.25) is 0 Å². The quantitative estimate of drug-likeness (QED) is 0.880. The summed E-state index contributed by atoms with van der Waals surface area (Å²) in [4.78, 5) is 0. The first-order valence-electron chi connectivity index (χ1n) is 5.91. The lowest BCUT2D eigenvalue weighted by atomic mass is 10.3. The molecule has 2 N–H and O–H groups in total. The van der Waals surface area contributed by atoms with Gasteiger partial charge in [-0.3, -0.25) is 4.68 Å². The summed E-state index contributed by atoms with van der Waals surface area (Å²) in [6.45, 7) is 2.35. The zero-order valence-corrected chi connectivity index (χ0v) is 12.3. The highest BCUT2D eigenvalue weighted by Gasteiger charge is 2.13. The van der Waals surface area contributed by atoms with E-state index in [1.807, 2.05) is 14.0 Å². The minimum Gasteiger partial charge on any atom is -0.487 e. The van der Waals surface area contributed by atoms with Gasteiger partial charge in [0, 0.05) is 13.1 Å². The Morgan fingerprint density at radius 2 is 2.11 bits per heavy atom. The second-order valence-corrected chi connectivity index (χ2v) is 4.94. The summed E-state index contributed by atoms with van der Waals surface area (Å²) in [5.41, 5.74) is 7.88. The summed E-state index contributed by atoms with van der Waals surface area (Å²) in [6.07, 6.45) is 0.792. The fourth-order valence-electron chi connectivity index (χ4n) is 1.73. The highest BCUT2D eigenvalue weighted by Crippen LogP contribution is 2.26. The van der Waals surface area contributed by atoms with Crippen LogP contribution in [-0.2, 0) is 20.1 Å². The van der Waals surface area contributed by atoms with Crippen molar-refractivity contribution >= 4 is 28.9 Å². The number of rotatable bonds is 4. The Morgan fingerprint density at radius 1 is 1.37 bits per heavy atom. The smallest absolute Gasteiger partial charge is 0.131 e. The van der Waals surface area contributed by atoms with E-state index in [0.29, 0.717) is 28.1 Å². The van der Waals surface area contributed by atoms with Crippen LogP contribution in [0.15, 0.2) is 18.2 Å². The summed E-state index contributed by atoms with van der Waals surface area (Å²) in [7, 11) is 1.85. The summed E-state index contributed by atoms with van der Waals surface area (Å²) in [6, 6.07) is 5.16. The van der Waals surface area contributed by atoms with Crippen LogP contribution in [0.4, 0.5) is 5.69 Å². The molecule has 19 heavy (non-hydrogen) atoms. The number of nitrogen functional groups attached to an aromatic ring is 1. The van der Waals surface area contributed by atoms with E-state index >= 15 is 0 Å². The van der Waals surface area contributed by atoms with Crippen molar-refractivity contribution in [3.63, 3.8) is 0 Å². The first kappa shape index (κ1) is 14.0. The monoisotopic (exact) mass is 299 g/mol. The van der Waals surface area contributed by atoms with Crippen LogP contribution in [0, 0.1) is 0 Å². The maximum atomic E-state index is 6.24. The largest absolute Gasteiger partial charge is 0.487 e. The van der Waals surface area contributed by atoms with Crippen molar-refractivity contribution in [1.29, 1.82) is 0 Å². The molecule has 0 bridgehead atoms. The van der Waals surface area contributed by atoms with E-state index in [1.54, 1.807) is 22.9 Å². The summed E-state index contributed by atoms with van der Waals surface area (Å²) in [5, 5.41) is 5.46. The van der Waals surface area contributed by atoms with Crippen LogP contribution in [0.2, 0.25) is 10.0 Å². The molecule has 4 nitrogen and oxygen atoms in total. The van der Waals surface area contributed by atoms with E-state index in [1.165, 1.54) is 0 Å². The molecule has 0 spiro atoms. The van der Waals surface area contributed by atoms with Gasteiger partial charge < -0.3 is 10.5 Å². The van der Waals surface area contributed by atoms with E-state index in [-0.39, 0.29) is 0 Å². The van der Waals surface area contributed by atoms with Crippen molar-refractivity contribution in [2.24, 2.45) is 7.05 Å². The highest BCUT2D eigenvalue weighted by molar-refractivity contribution is 6.33. The fraction of sp³-hybridized carbons (Fsp3) is 0.308. The molecule has 6 heteroatoms. The zero-order chi connectivity index (χ0) is 14.0. The van der Waals surface area contributed by atoms with Crippen molar-refractivity contribution < 1.29 is 4.74 Å². The predicted octanol–water partition coefficient (Wildman–Crippen LogP) is 3.45. The molecule has 0 aliphatic carbocycles. The third kappa shape index (κ3) is 2.96. The standard InChI is InChI=1S/C13H15Cl2N3O/c1-3-11-13(15)12(18(2)17-11)7-19-8-4-5-10(16)9(14)6-8/h4-6H,3,7,16H2,1-2H3. The summed E-state index contributed by atoms with van der Waals surface area (Å²) in [5.74, 6) is 0.648. The maximum absolute atomic E-state index is 6.24. The van der Waals surface area contributed by atoms with E-state index < -0.39 is 0 Å². The van der Waals surface area contributed by atoms with E-state index in [9.17, 15) is 0 Å². The van der Waals surface area contributed by atoms with Crippen molar-refractivity contribution in [2.45, 2.75) is 20.0 Å². The van der Waals surface area contributed by atoms with Crippen LogP contribution in [0.25, 0.3) is 0 Å². The minimum absolute atomic E-state index is 0.336. The van der Waals surface area contributed by atoms with Gasteiger partial charge in [0.1, 0.15) is 12.4 Å². The first-order chi connectivity index (χ1) is 9.02. The van der Waals surface area contributed by atoms with Crippen molar-refractivity contribution in [2.75, 3.05) is 5.73 Å². The minimum atomic E-state index is 0.336. The van der Waals surface area contributed by atoms with Crippen LogP contribution in [0.5, 0.6) is 5.75 Å². The third-order valence-electron chi connectivity index (χ3n) is 2.85. The molecular weight excluding hydrogens is 285 g/mol. The second kappa shape index (κ2) is 5.72. The van der Waals surface area contributed by atoms with E-state index in [0.717, 1.165) is 17.8 Å². The number of halogens is 2. The molecular formula is C13H15Cl2N3O. The van der Waals surface area contributed by atoms with Gasteiger partial charge in [-0.05, 0) is 18.6 Å². The van der Waals surface area contributed by atoms with Gasteiger partial charge in [-0.15, -0.1) is 0 Å². The highest BCUT2D eigenvalue weighted by atomic mass is 35.5. The van der Waals surface area contributed by atoms with Crippen LogP contribution in [0.3, 0.4) is 0 Å². The number of benzene rings is 1. The zero-order valence-electron chi connectivity index (χ0n) is 10.8. The molecule has 0 fully saturated rings. The molecule has 0 unspecified atom stereocenters. The van der Waals surface area contributed by atoms with Gasteiger partial charge in [-0.1, -0.05) is 30.1 Å². The van der Waals surface area contributed by atoms with Gasteiger partial charge >= 0.3 is 0 Å². The van der Waals surface area contributed by atoms with Crippen molar-refractivity contribution in [3.8, 4) is 5.75 Å². The molecule has 0 aliphatic rings. The number of hydrogen-bond acceptors (Lipinski definition) is 3. The maximum Gasteiger partial charge on any atom is 0.131 e. The van der Waals surface area contributed by atoms with Crippen LogP contribution in [-0.4, -0.2) is 9.78 Å². The third-order valence-corrected chi connectivity index (χ3v) is 3.61. The van der Waals surface area contributed by atoms with Gasteiger partial charge in [0.05, 0.1) is 27.1 Å². The normalized spacial score (nSPS) is 10.7. The molecule has 1 aromatic carbocycles. The number of aromatic nitrogens is 2. The van der Waals surface area contributed by atoms with Gasteiger partial charge in [-0.2, -0.15) is 5.10 Å². The lowest BCUT2D eigenvalue weighted by molar-refractivity contribution is 0.295. The van der Waals surface area contributed by atoms with Crippen LogP contribution >= 0.6 is 23.2 Å². The lowest BCUT2D eigenvalue weighted by Gasteiger charge is -2.08. The molecule has 0 aliphatic heterocycles. The van der Waals surface area contributed by atoms with Crippen LogP contribution < -0.4 is 10.5 Å². The molecule has 0 amide bonds. The number of anilines is 1. The molecule has 1 aromatic heterocycles. The topological polar surface area (TPSA) is 53.1 Å². The van der Waals surface area contributed by atoms with Gasteiger partial charge in [0.15, 0.2) is 0 Å². The predicted molar refractivity (Wildman–Crippen MR) is 77.8 cm³/mol. The number of aryl methyl sites for hydroxylation is 2. The van der Waals surface area contributed by atoms with Crippen molar-refractivity contribution in [1.82, 2.24) is 9.78 Å². The number of nitrogens with two attached hydrogens (primary N) is 1. The molecule has 1 heterocycles. The molecule has 102 valence electrons. The second-order valence-electron chi connectivity index (χ2n) is 4.16. The number of ether oxygens (including phenoxy) is 1. The molecule has 0 radical (unpaired) electrons. The molecule has 0 saturated heterocycles. The average Bonchev–Trinajstić information content (AvgIpc) is 2.66.